The first-order chi connectivity index (χ1) is 17.2. The largest absolute Gasteiger partial charge is 0.507 e. The van der Waals surface area contributed by atoms with E-state index in [-0.39, 0.29) is 22.9 Å². The summed E-state index contributed by atoms with van der Waals surface area (Å²) < 4.78 is 5.83. The fourth-order valence-corrected chi connectivity index (χ4v) is 4.44. The second kappa shape index (κ2) is 10.7. The van der Waals surface area contributed by atoms with Crippen molar-refractivity contribution >= 4 is 40.7 Å². The standard InChI is InChI=1S/C28H26Cl2N2O4/c1-16(2)15-36-23-9-7-20(11-17(23)3)26(33)24-25(19-6-8-21(29)22(30)12-19)32(28(35)27(24)34)14-18-5-4-10-31-13-18/h4-13,16,25,33H,14-15H2,1-3H3/b26-24+/t25-/m0/s1. The molecule has 186 valence electrons. The van der Waals surface area contributed by atoms with E-state index < -0.39 is 17.7 Å². The summed E-state index contributed by atoms with van der Waals surface area (Å²) in [4.78, 5) is 32.0. The van der Waals surface area contributed by atoms with E-state index in [9.17, 15) is 14.7 Å². The van der Waals surface area contributed by atoms with Crippen molar-refractivity contribution in [3.8, 4) is 5.75 Å². The SMILES string of the molecule is Cc1cc(/C(O)=C2\C(=O)C(=O)N(Cc3cccnc3)[C@H]2c2ccc(Cl)c(Cl)c2)ccc1OCC(C)C. The number of aliphatic hydroxyl groups is 1. The van der Waals surface area contributed by atoms with Crippen LogP contribution in [0.15, 0.2) is 66.5 Å². The average Bonchev–Trinajstić information content (AvgIpc) is 3.10. The van der Waals surface area contributed by atoms with Gasteiger partial charge in [0.25, 0.3) is 11.7 Å². The van der Waals surface area contributed by atoms with Crippen LogP contribution < -0.4 is 4.74 Å². The highest BCUT2D eigenvalue weighted by atomic mass is 35.5. The molecule has 0 bridgehead atoms. The Labute approximate surface area is 220 Å². The first kappa shape index (κ1) is 25.7. The number of hydrogen-bond acceptors (Lipinski definition) is 5. The third-order valence-electron chi connectivity index (χ3n) is 5.90. The molecule has 0 saturated carbocycles. The molecule has 2 heterocycles. The fraction of sp³-hybridized carbons (Fsp3) is 0.250. The lowest BCUT2D eigenvalue weighted by molar-refractivity contribution is -0.140. The highest BCUT2D eigenvalue weighted by Gasteiger charge is 2.46. The number of halogens is 2. The summed E-state index contributed by atoms with van der Waals surface area (Å²) in [6.07, 6.45) is 3.26. The van der Waals surface area contributed by atoms with Gasteiger partial charge in [-0.1, -0.05) is 49.2 Å². The number of aromatic nitrogens is 1. The monoisotopic (exact) mass is 524 g/mol. The maximum atomic E-state index is 13.3. The minimum atomic E-state index is -0.864. The van der Waals surface area contributed by atoms with Crippen LogP contribution in [0.1, 0.15) is 42.1 Å². The second-order valence-corrected chi connectivity index (χ2v) is 9.96. The molecule has 36 heavy (non-hydrogen) atoms. The smallest absolute Gasteiger partial charge is 0.295 e. The number of amides is 1. The molecule has 1 aliphatic heterocycles. The van der Waals surface area contributed by atoms with E-state index in [1.807, 2.05) is 13.0 Å². The Kier molecular flexibility index (Phi) is 7.67. The number of aryl methyl sites for hydroxylation is 1. The van der Waals surface area contributed by atoms with Crippen molar-refractivity contribution in [3.63, 3.8) is 0 Å². The molecule has 1 N–H and O–H groups in total. The van der Waals surface area contributed by atoms with Crippen molar-refractivity contribution in [2.45, 2.75) is 33.4 Å². The highest BCUT2D eigenvalue weighted by Crippen LogP contribution is 2.42. The van der Waals surface area contributed by atoms with E-state index in [1.54, 1.807) is 54.9 Å². The second-order valence-electron chi connectivity index (χ2n) is 9.15. The molecule has 0 aliphatic carbocycles. The number of nitrogens with zero attached hydrogens (tertiary/aromatic N) is 2. The van der Waals surface area contributed by atoms with Crippen LogP contribution in [0.4, 0.5) is 0 Å². The van der Waals surface area contributed by atoms with E-state index in [0.29, 0.717) is 34.4 Å². The number of Topliss-reactive ketones (excluding diaryl/α,β-unsaturated/α-hetero) is 1. The number of likely N-dealkylation sites (tertiary alicyclic amines) is 1. The van der Waals surface area contributed by atoms with E-state index in [0.717, 1.165) is 11.1 Å². The van der Waals surface area contributed by atoms with E-state index in [4.69, 9.17) is 27.9 Å². The number of ketones is 1. The molecule has 0 spiro atoms. The van der Waals surface area contributed by atoms with Crippen molar-refractivity contribution in [1.29, 1.82) is 0 Å². The molecule has 6 nitrogen and oxygen atoms in total. The van der Waals surface area contributed by atoms with Crippen LogP contribution in [0.3, 0.4) is 0 Å². The Hall–Kier alpha value is -3.35. The van der Waals surface area contributed by atoms with Crippen LogP contribution in [0, 0.1) is 12.8 Å². The molecule has 1 amide bonds. The van der Waals surface area contributed by atoms with Gasteiger partial charge in [0.05, 0.1) is 28.3 Å². The van der Waals surface area contributed by atoms with E-state index in [1.165, 1.54) is 4.90 Å². The quantitative estimate of drug-likeness (QED) is 0.221. The number of rotatable bonds is 7. The predicted molar refractivity (Wildman–Crippen MR) is 140 cm³/mol. The number of carbonyl (C=O) groups is 2. The summed E-state index contributed by atoms with van der Waals surface area (Å²) in [5, 5.41) is 12.0. The molecule has 8 heteroatoms. The zero-order chi connectivity index (χ0) is 26.0. The van der Waals surface area contributed by atoms with Gasteiger partial charge in [-0.2, -0.15) is 0 Å². The van der Waals surface area contributed by atoms with Crippen LogP contribution in [-0.4, -0.2) is 33.3 Å². The summed E-state index contributed by atoms with van der Waals surface area (Å²) in [5.41, 5.74) is 2.50. The van der Waals surface area contributed by atoms with Gasteiger partial charge in [-0.25, -0.2) is 0 Å². The topological polar surface area (TPSA) is 79.7 Å². The molecule has 4 rings (SSSR count). The van der Waals surface area contributed by atoms with Crippen molar-refractivity contribution in [1.82, 2.24) is 9.88 Å². The van der Waals surface area contributed by atoms with Crippen LogP contribution in [0.5, 0.6) is 5.75 Å². The molecule has 1 saturated heterocycles. The molecule has 1 atom stereocenters. The third kappa shape index (κ3) is 5.25. The Morgan fingerprint density at radius 3 is 2.53 bits per heavy atom. The Balaban J connectivity index is 1.81. The zero-order valence-electron chi connectivity index (χ0n) is 20.2. The average molecular weight is 525 g/mol. The van der Waals surface area contributed by atoms with Crippen LogP contribution in [0.25, 0.3) is 5.76 Å². The number of carbonyl (C=O) groups excluding carboxylic acids is 2. The fourth-order valence-electron chi connectivity index (χ4n) is 4.13. The lowest BCUT2D eigenvalue weighted by Gasteiger charge is -2.25. The minimum Gasteiger partial charge on any atom is -0.507 e. The molecule has 0 radical (unpaired) electrons. The minimum absolute atomic E-state index is 0.0162. The van der Waals surface area contributed by atoms with Gasteiger partial charge < -0.3 is 14.7 Å². The van der Waals surface area contributed by atoms with Crippen molar-refractivity contribution < 1.29 is 19.4 Å². The molecule has 2 aromatic carbocycles. The zero-order valence-corrected chi connectivity index (χ0v) is 21.7. The van der Waals surface area contributed by atoms with Crippen molar-refractivity contribution in [2.24, 2.45) is 5.92 Å². The number of hydrogen-bond donors (Lipinski definition) is 1. The number of aliphatic hydroxyl groups excluding tert-OH is 1. The molecule has 1 aromatic heterocycles. The summed E-state index contributed by atoms with van der Waals surface area (Å²) in [6.45, 7) is 6.67. The van der Waals surface area contributed by atoms with Crippen LogP contribution in [-0.2, 0) is 16.1 Å². The van der Waals surface area contributed by atoms with Gasteiger partial charge >= 0.3 is 0 Å². The molecule has 3 aromatic rings. The van der Waals surface area contributed by atoms with E-state index in [2.05, 4.69) is 18.8 Å². The molecular weight excluding hydrogens is 499 g/mol. The Morgan fingerprint density at radius 1 is 1.11 bits per heavy atom. The van der Waals surface area contributed by atoms with Gasteiger partial charge in [-0.05, 0) is 65.9 Å². The summed E-state index contributed by atoms with van der Waals surface area (Å²) >= 11 is 12.4. The first-order valence-electron chi connectivity index (χ1n) is 11.5. The highest BCUT2D eigenvalue weighted by molar-refractivity contribution is 6.46. The Morgan fingerprint density at radius 2 is 1.89 bits per heavy atom. The molecule has 0 unspecified atom stereocenters. The maximum Gasteiger partial charge on any atom is 0.295 e. The van der Waals surface area contributed by atoms with Gasteiger partial charge in [0, 0.05) is 24.5 Å². The van der Waals surface area contributed by atoms with Gasteiger partial charge in [0.15, 0.2) is 0 Å². The molecule has 1 aliphatic rings. The third-order valence-corrected chi connectivity index (χ3v) is 6.63. The van der Waals surface area contributed by atoms with Crippen LogP contribution >= 0.6 is 23.2 Å². The van der Waals surface area contributed by atoms with Gasteiger partial charge in [-0.3, -0.25) is 14.6 Å². The van der Waals surface area contributed by atoms with Crippen molar-refractivity contribution in [3.05, 3.63) is 98.8 Å². The van der Waals surface area contributed by atoms with Crippen LogP contribution in [0.2, 0.25) is 10.0 Å². The number of ether oxygens (including phenoxy) is 1. The summed E-state index contributed by atoms with van der Waals surface area (Å²) in [5.74, 6) is -0.704. The van der Waals surface area contributed by atoms with Gasteiger partial charge in [0.1, 0.15) is 11.5 Å². The lowest BCUT2D eigenvalue weighted by atomic mass is 9.94. The molecule has 1 fully saturated rings. The normalized spacial score (nSPS) is 17.2. The molecular formula is C28H26Cl2N2O4. The van der Waals surface area contributed by atoms with Gasteiger partial charge in [0.2, 0.25) is 0 Å². The number of pyridine rings is 1. The van der Waals surface area contributed by atoms with Gasteiger partial charge in [-0.15, -0.1) is 0 Å². The Bertz CT molecular complexity index is 1340. The number of benzene rings is 2. The van der Waals surface area contributed by atoms with E-state index >= 15 is 0 Å². The van der Waals surface area contributed by atoms with Crippen molar-refractivity contribution in [2.75, 3.05) is 6.61 Å². The summed E-state index contributed by atoms with van der Waals surface area (Å²) in [6, 6.07) is 12.8. The predicted octanol–water partition coefficient (Wildman–Crippen LogP) is 6.35. The maximum absolute atomic E-state index is 13.3. The lowest BCUT2D eigenvalue weighted by Crippen LogP contribution is -2.29. The summed E-state index contributed by atoms with van der Waals surface area (Å²) in [7, 11) is 0. The first-order valence-corrected chi connectivity index (χ1v) is 12.3.